The van der Waals surface area contributed by atoms with Gasteiger partial charge in [0.2, 0.25) is 11.8 Å². The highest BCUT2D eigenvalue weighted by molar-refractivity contribution is 7.97. The van der Waals surface area contributed by atoms with Crippen molar-refractivity contribution in [3.63, 3.8) is 0 Å². The summed E-state index contributed by atoms with van der Waals surface area (Å²) >= 11 is 1.65. The van der Waals surface area contributed by atoms with Crippen LogP contribution in [-0.4, -0.2) is 36.2 Å². The number of fused-ring (bicyclic) bond motifs is 6. The first kappa shape index (κ1) is 21.3. The van der Waals surface area contributed by atoms with Gasteiger partial charge in [0.15, 0.2) is 24.2 Å². The lowest BCUT2D eigenvalue weighted by atomic mass is 10.1. The molecule has 0 aliphatic carbocycles. The van der Waals surface area contributed by atoms with Gasteiger partial charge in [-0.1, -0.05) is 0 Å². The average molecular weight is 449 g/mol. The summed E-state index contributed by atoms with van der Waals surface area (Å²) in [5, 5.41) is 3.02. The van der Waals surface area contributed by atoms with Crippen molar-refractivity contribution >= 4 is 23.4 Å². The fraction of sp³-hybridized carbons (Fsp3) is 0.238. The first-order valence-corrected chi connectivity index (χ1v) is 10.7. The normalized spacial score (nSPS) is 13.7. The maximum atomic E-state index is 14.6. The Morgan fingerprint density at radius 1 is 1.06 bits per heavy atom. The summed E-state index contributed by atoms with van der Waals surface area (Å²) in [5.74, 6) is -2.27. The molecule has 0 unspecified atom stereocenters. The van der Waals surface area contributed by atoms with Gasteiger partial charge in [-0.2, -0.15) is 16.2 Å². The van der Waals surface area contributed by atoms with E-state index in [0.717, 1.165) is 23.6 Å². The molecule has 1 N–H and O–H groups in total. The lowest BCUT2D eigenvalue weighted by Gasteiger charge is -2.14. The monoisotopic (exact) mass is 449 g/mol. The zero-order valence-corrected chi connectivity index (χ0v) is 17.3. The number of hydrogen-bond acceptors (Lipinski definition) is 7. The Kier molecular flexibility index (Phi) is 6.47. The molecule has 4 bridgehead atoms. The number of rotatable bonds is 2. The highest BCUT2D eigenvalue weighted by Gasteiger charge is 2.21. The molecule has 6 nitrogen and oxygen atoms in total. The zero-order valence-electron chi connectivity index (χ0n) is 16.5. The SMILES string of the molecule is CSCc1cc2cc(c1)OCCOCOc1c(ccc(F)c1F)-c1nc(ncc1F)N2. The lowest BCUT2D eigenvalue weighted by Crippen LogP contribution is -2.12. The second-order valence-electron chi connectivity index (χ2n) is 6.57. The maximum Gasteiger partial charge on any atom is 0.227 e. The van der Waals surface area contributed by atoms with Crippen LogP contribution < -0.4 is 14.8 Å². The van der Waals surface area contributed by atoms with Crippen molar-refractivity contribution in [1.82, 2.24) is 9.97 Å². The van der Waals surface area contributed by atoms with E-state index in [1.165, 1.54) is 6.07 Å². The van der Waals surface area contributed by atoms with E-state index in [1.807, 2.05) is 18.4 Å². The van der Waals surface area contributed by atoms with Gasteiger partial charge >= 0.3 is 0 Å². The van der Waals surface area contributed by atoms with Gasteiger partial charge in [-0.25, -0.2) is 18.7 Å². The van der Waals surface area contributed by atoms with E-state index < -0.39 is 23.2 Å². The van der Waals surface area contributed by atoms with Crippen molar-refractivity contribution in [1.29, 1.82) is 0 Å². The molecule has 2 aromatic carbocycles. The van der Waals surface area contributed by atoms with Gasteiger partial charge in [0.05, 0.1) is 12.8 Å². The molecule has 0 fully saturated rings. The van der Waals surface area contributed by atoms with Gasteiger partial charge in [0.25, 0.3) is 0 Å². The smallest absolute Gasteiger partial charge is 0.227 e. The molecule has 0 spiro atoms. The van der Waals surface area contributed by atoms with Crippen LogP contribution in [0.5, 0.6) is 11.5 Å². The molecule has 0 radical (unpaired) electrons. The van der Waals surface area contributed by atoms with Gasteiger partial charge in [0.1, 0.15) is 18.1 Å². The molecule has 0 atom stereocenters. The van der Waals surface area contributed by atoms with E-state index >= 15 is 0 Å². The van der Waals surface area contributed by atoms with Crippen LogP contribution in [0.4, 0.5) is 24.8 Å². The van der Waals surface area contributed by atoms with Crippen LogP contribution in [-0.2, 0) is 10.5 Å². The molecule has 4 rings (SSSR count). The second-order valence-corrected chi connectivity index (χ2v) is 7.44. The molecule has 3 aromatic rings. The summed E-state index contributed by atoms with van der Waals surface area (Å²) in [6.07, 6.45) is 2.94. The molecule has 2 heterocycles. The summed E-state index contributed by atoms with van der Waals surface area (Å²) in [5.41, 5.74) is 1.34. The Bertz CT molecular complexity index is 1100. The molecule has 0 saturated carbocycles. The predicted octanol–water partition coefficient (Wildman–Crippen LogP) is 4.91. The van der Waals surface area contributed by atoms with Crippen LogP contribution >= 0.6 is 11.8 Å². The van der Waals surface area contributed by atoms with Gasteiger partial charge in [-0.3, -0.25) is 0 Å². The summed E-state index contributed by atoms with van der Waals surface area (Å²) in [6, 6.07) is 7.64. The number of benzene rings is 2. The highest BCUT2D eigenvalue weighted by atomic mass is 32.2. The topological polar surface area (TPSA) is 65.5 Å². The van der Waals surface area contributed by atoms with E-state index in [-0.39, 0.29) is 37.2 Å². The fourth-order valence-electron chi connectivity index (χ4n) is 3.05. The lowest BCUT2D eigenvalue weighted by molar-refractivity contribution is 0.000622. The standard InChI is InChI=1S/C21H18F3N3O3S/c1-31-10-12-6-13-8-14(7-12)29-5-4-28-11-30-20-15(2-3-16(22)18(20)24)19-17(23)9-25-21(26-13)27-19/h2-3,6-9H,4-5,10-11H2,1H3,(H,25,26,27). The van der Waals surface area contributed by atoms with Crippen LogP contribution in [0.2, 0.25) is 0 Å². The first-order valence-electron chi connectivity index (χ1n) is 9.29. The third-order valence-corrected chi connectivity index (χ3v) is 4.99. The molecule has 1 aliphatic rings. The van der Waals surface area contributed by atoms with E-state index in [9.17, 15) is 13.2 Å². The second kappa shape index (κ2) is 9.44. The van der Waals surface area contributed by atoms with Gasteiger partial charge in [-0.15, -0.1) is 0 Å². The summed E-state index contributed by atoms with van der Waals surface area (Å²) in [4.78, 5) is 8.13. The molecular formula is C21H18F3N3O3S. The van der Waals surface area contributed by atoms with Crippen molar-refractivity contribution in [3.8, 4) is 22.8 Å². The third-order valence-electron chi connectivity index (χ3n) is 4.37. The molecule has 0 saturated heterocycles. The summed E-state index contributed by atoms with van der Waals surface area (Å²) < 4.78 is 59.1. The minimum atomic E-state index is -1.26. The van der Waals surface area contributed by atoms with Crippen molar-refractivity contribution < 1.29 is 27.4 Å². The number of ether oxygens (including phenoxy) is 3. The van der Waals surface area contributed by atoms with Crippen molar-refractivity contribution in [2.24, 2.45) is 0 Å². The van der Waals surface area contributed by atoms with Gasteiger partial charge < -0.3 is 19.5 Å². The van der Waals surface area contributed by atoms with Crippen LogP contribution in [0.15, 0.2) is 36.5 Å². The van der Waals surface area contributed by atoms with Crippen molar-refractivity contribution in [2.75, 3.05) is 31.6 Å². The number of nitrogens with zero attached hydrogens (tertiary/aromatic N) is 2. The zero-order chi connectivity index (χ0) is 21.8. The number of thioether (sulfide) groups is 1. The fourth-order valence-corrected chi connectivity index (χ4v) is 3.55. The molecular weight excluding hydrogens is 431 g/mol. The van der Waals surface area contributed by atoms with Crippen LogP contribution in [0, 0.1) is 17.5 Å². The quantitative estimate of drug-likeness (QED) is 0.596. The van der Waals surface area contributed by atoms with Crippen molar-refractivity contribution in [3.05, 3.63) is 59.5 Å². The minimum Gasteiger partial charge on any atom is -0.491 e. The molecule has 31 heavy (non-hydrogen) atoms. The van der Waals surface area contributed by atoms with Gasteiger partial charge in [0, 0.05) is 23.1 Å². The minimum absolute atomic E-state index is 0.0617. The summed E-state index contributed by atoms with van der Waals surface area (Å²) in [7, 11) is 0. The molecule has 1 aromatic heterocycles. The Labute approximate surface area is 180 Å². The first-order chi connectivity index (χ1) is 15.0. The number of halogens is 3. The maximum absolute atomic E-state index is 14.6. The van der Waals surface area contributed by atoms with E-state index in [0.29, 0.717) is 11.4 Å². The summed E-state index contributed by atoms with van der Waals surface area (Å²) in [6.45, 7) is -0.0289. The largest absolute Gasteiger partial charge is 0.491 e. The Morgan fingerprint density at radius 2 is 1.94 bits per heavy atom. The number of hydrogen-bond donors (Lipinski definition) is 1. The Balaban J connectivity index is 1.81. The van der Waals surface area contributed by atoms with Crippen molar-refractivity contribution in [2.45, 2.75) is 5.75 Å². The Hall–Kier alpha value is -2.98. The number of nitrogens with one attached hydrogen (secondary N) is 1. The van der Waals surface area contributed by atoms with Crippen LogP contribution in [0.25, 0.3) is 11.3 Å². The van der Waals surface area contributed by atoms with E-state index in [4.69, 9.17) is 14.2 Å². The molecule has 162 valence electrons. The third kappa shape index (κ3) is 4.86. The Morgan fingerprint density at radius 3 is 2.77 bits per heavy atom. The number of anilines is 2. The molecule has 1 aliphatic heterocycles. The average Bonchev–Trinajstić information content (AvgIpc) is 2.75. The molecule has 0 amide bonds. The highest BCUT2D eigenvalue weighted by Crippen LogP contribution is 2.35. The van der Waals surface area contributed by atoms with E-state index in [2.05, 4.69) is 15.3 Å². The number of aromatic nitrogens is 2. The van der Waals surface area contributed by atoms with Crippen LogP contribution in [0.1, 0.15) is 5.56 Å². The molecule has 10 heteroatoms. The van der Waals surface area contributed by atoms with Crippen LogP contribution in [0.3, 0.4) is 0 Å². The van der Waals surface area contributed by atoms with E-state index in [1.54, 1.807) is 17.8 Å². The predicted molar refractivity (Wildman–Crippen MR) is 111 cm³/mol. The van der Waals surface area contributed by atoms with Gasteiger partial charge in [-0.05, 0) is 36.1 Å².